The standard InChI is InChI=1S/C54H48Br4N6O7/c55-45-27-41(51(67)49(57)53(45)69)29-59-61-47(65)31-63(43-15-13-37-21-33-9-1-3-11-35(33)23-39(37)25-43)17-5-7-19-71-20-8-6-18-64(32-48(66)62-60-30-42-28-46(56)54(70)50(58)52(42)68)44-16-14-38-22-34-10-2-4-12-36(34)24-40(38)26-44/h1-4,9-16,21-30,67-70H,5-8,17-20,31-32H2,(H,61,65)(H,62,66)/b59-29+,60-30+. The van der Waals surface area contributed by atoms with E-state index in [1.165, 1.54) is 24.6 Å². The van der Waals surface area contributed by atoms with Gasteiger partial charge >= 0.3 is 0 Å². The molecule has 0 spiro atoms. The van der Waals surface area contributed by atoms with Gasteiger partial charge in [-0.25, -0.2) is 10.9 Å². The van der Waals surface area contributed by atoms with Gasteiger partial charge in [0.25, 0.3) is 11.8 Å². The molecule has 8 rings (SSSR count). The monoisotopic (exact) mass is 1210 g/mol. The van der Waals surface area contributed by atoms with Crippen LogP contribution in [0, 0.1) is 0 Å². The second-order valence-corrected chi connectivity index (χ2v) is 20.1. The third kappa shape index (κ3) is 12.8. The molecule has 0 atom stereocenters. The third-order valence-corrected chi connectivity index (χ3v) is 14.6. The number of fused-ring (bicyclic) bond motifs is 4. The van der Waals surface area contributed by atoms with Crippen molar-refractivity contribution in [3.8, 4) is 23.0 Å². The number of hydrogen-bond acceptors (Lipinski definition) is 11. The maximum absolute atomic E-state index is 13.3. The Labute approximate surface area is 443 Å². The van der Waals surface area contributed by atoms with Crippen LogP contribution < -0.4 is 20.7 Å². The van der Waals surface area contributed by atoms with Crippen molar-refractivity contribution in [2.45, 2.75) is 25.7 Å². The SMILES string of the molecule is O=C(CN(CCCCOCCCCN(CC(=O)N/N=C/c1cc(Br)c(O)c(Br)c1O)c1ccc2cc3ccccc3cc2c1)c1ccc2cc3ccccc3cc2c1)N/N=C/c1cc(Br)c(O)c(Br)c1O. The van der Waals surface area contributed by atoms with E-state index in [0.717, 1.165) is 80.1 Å². The fourth-order valence-corrected chi connectivity index (χ4v) is 10.5. The van der Waals surface area contributed by atoms with Gasteiger partial charge in [-0.2, -0.15) is 10.2 Å². The highest BCUT2D eigenvalue weighted by Gasteiger charge is 2.17. The fourth-order valence-electron chi connectivity index (χ4n) is 8.16. The zero-order valence-electron chi connectivity index (χ0n) is 38.1. The van der Waals surface area contributed by atoms with E-state index in [1.54, 1.807) is 0 Å². The smallest absolute Gasteiger partial charge is 0.259 e. The lowest BCUT2D eigenvalue weighted by Gasteiger charge is -2.25. The van der Waals surface area contributed by atoms with Crippen molar-refractivity contribution in [2.75, 3.05) is 49.2 Å². The van der Waals surface area contributed by atoms with Gasteiger partial charge in [-0.15, -0.1) is 0 Å². The molecule has 8 aromatic carbocycles. The van der Waals surface area contributed by atoms with Crippen LogP contribution in [0.4, 0.5) is 11.4 Å². The number of aromatic hydroxyl groups is 4. The summed E-state index contributed by atoms with van der Waals surface area (Å²) in [6, 6.07) is 40.4. The van der Waals surface area contributed by atoms with E-state index in [2.05, 4.69) is 158 Å². The van der Waals surface area contributed by atoms with Crippen LogP contribution >= 0.6 is 63.7 Å². The minimum atomic E-state index is -0.347. The van der Waals surface area contributed by atoms with E-state index >= 15 is 0 Å². The normalized spacial score (nSPS) is 11.7. The van der Waals surface area contributed by atoms with Gasteiger partial charge in [-0.1, -0.05) is 60.7 Å². The average molecular weight is 1210 g/mol. The number of phenolic OH excluding ortho intramolecular Hbond substituents is 4. The molecule has 17 heteroatoms. The molecular weight excluding hydrogens is 1160 g/mol. The van der Waals surface area contributed by atoms with Crippen molar-refractivity contribution >= 4 is 142 Å². The highest BCUT2D eigenvalue weighted by atomic mass is 79.9. The van der Waals surface area contributed by atoms with Gasteiger partial charge in [-0.3, -0.25) is 9.59 Å². The summed E-state index contributed by atoms with van der Waals surface area (Å²) in [6.45, 7) is 2.26. The van der Waals surface area contributed by atoms with E-state index in [4.69, 9.17) is 4.74 Å². The number of carbonyl (C=O) groups is 2. The van der Waals surface area contributed by atoms with E-state index < -0.39 is 0 Å². The molecule has 8 aromatic rings. The first-order valence-electron chi connectivity index (χ1n) is 22.7. The lowest BCUT2D eigenvalue weighted by Crippen LogP contribution is -2.36. The van der Waals surface area contributed by atoms with Crippen LogP contribution in [-0.4, -0.2) is 84.1 Å². The summed E-state index contributed by atoms with van der Waals surface area (Å²) in [5.74, 6) is -1.42. The predicted molar refractivity (Wildman–Crippen MR) is 298 cm³/mol. The van der Waals surface area contributed by atoms with Gasteiger partial charge in [-0.05, 0) is 193 Å². The maximum atomic E-state index is 13.3. The van der Waals surface area contributed by atoms with Crippen LogP contribution in [-0.2, 0) is 14.3 Å². The molecule has 13 nitrogen and oxygen atoms in total. The average Bonchev–Trinajstić information content (AvgIpc) is 3.37. The number of benzene rings is 8. The van der Waals surface area contributed by atoms with Crippen molar-refractivity contribution in [1.82, 2.24) is 10.9 Å². The highest BCUT2D eigenvalue weighted by molar-refractivity contribution is 9.11. The second-order valence-electron chi connectivity index (χ2n) is 16.8. The quantitative estimate of drug-likeness (QED) is 0.0187. The molecule has 0 aliphatic heterocycles. The van der Waals surface area contributed by atoms with Crippen LogP contribution in [0.15, 0.2) is 149 Å². The van der Waals surface area contributed by atoms with Gasteiger partial charge in [0.05, 0.1) is 34.5 Å². The fraction of sp³-hybridized carbons (Fsp3) is 0.185. The van der Waals surface area contributed by atoms with Crippen molar-refractivity contribution in [2.24, 2.45) is 10.2 Å². The molecule has 0 saturated heterocycles. The number of carbonyl (C=O) groups excluding carboxylic acids is 2. The molecule has 6 N–H and O–H groups in total. The number of ether oxygens (including phenoxy) is 1. The summed E-state index contributed by atoms with van der Waals surface area (Å²) >= 11 is 12.8. The molecule has 364 valence electrons. The van der Waals surface area contributed by atoms with E-state index in [9.17, 15) is 30.0 Å². The second kappa shape index (κ2) is 23.8. The molecule has 0 unspecified atom stereocenters. The lowest BCUT2D eigenvalue weighted by atomic mass is 10.0. The number of nitrogens with zero attached hydrogens (tertiary/aromatic N) is 4. The first kappa shape index (κ1) is 51.1. The van der Waals surface area contributed by atoms with Gasteiger partial charge < -0.3 is 35.0 Å². The topological polar surface area (TPSA) is 180 Å². The predicted octanol–water partition coefficient (Wildman–Crippen LogP) is 12.4. The Morgan fingerprint density at radius 2 is 0.845 bits per heavy atom. The van der Waals surface area contributed by atoms with Crippen LogP contribution in [0.5, 0.6) is 23.0 Å². The van der Waals surface area contributed by atoms with Gasteiger partial charge in [0.15, 0.2) is 0 Å². The Hall–Kier alpha value is -6.24. The van der Waals surface area contributed by atoms with Gasteiger partial charge in [0.1, 0.15) is 31.9 Å². The van der Waals surface area contributed by atoms with E-state index in [1.807, 2.05) is 46.2 Å². The minimum Gasteiger partial charge on any atom is -0.506 e. The molecule has 0 saturated carbocycles. The van der Waals surface area contributed by atoms with Gasteiger partial charge in [0.2, 0.25) is 0 Å². The Kier molecular flexibility index (Phi) is 17.1. The van der Waals surface area contributed by atoms with Crippen molar-refractivity contribution in [1.29, 1.82) is 0 Å². The number of anilines is 2. The molecule has 0 fully saturated rings. The first-order chi connectivity index (χ1) is 34.3. The number of unbranched alkanes of at least 4 members (excludes halogenated alkanes) is 2. The number of halogens is 4. The largest absolute Gasteiger partial charge is 0.506 e. The molecule has 0 aliphatic rings. The van der Waals surface area contributed by atoms with E-state index in [0.29, 0.717) is 46.4 Å². The molecule has 2 amide bonds. The summed E-state index contributed by atoms with van der Waals surface area (Å²) in [4.78, 5) is 30.7. The summed E-state index contributed by atoms with van der Waals surface area (Å²) in [5.41, 5.74) is 7.52. The van der Waals surface area contributed by atoms with Crippen LogP contribution in [0.25, 0.3) is 43.1 Å². The maximum Gasteiger partial charge on any atom is 0.259 e. The van der Waals surface area contributed by atoms with Crippen LogP contribution in [0.2, 0.25) is 0 Å². The van der Waals surface area contributed by atoms with Crippen molar-refractivity contribution in [3.63, 3.8) is 0 Å². The molecule has 0 aliphatic carbocycles. The third-order valence-electron chi connectivity index (χ3n) is 11.9. The summed E-state index contributed by atoms with van der Waals surface area (Å²) < 4.78 is 7.03. The molecule has 0 heterocycles. The minimum absolute atomic E-state index is 0.0267. The zero-order chi connectivity index (χ0) is 50.0. The number of hydrogen-bond donors (Lipinski definition) is 6. The Morgan fingerprint density at radius 3 is 1.24 bits per heavy atom. The first-order valence-corrected chi connectivity index (χ1v) is 25.9. The number of hydrazone groups is 2. The zero-order valence-corrected chi connectivity index (χ0v) is 44.4. The molecule has 0 aromatic heterocycles. The Balaban J connectivity index is 0.870. The lowest BCUT2D eigenvalue weighted by molar-refractivity contribution is -0.120. The molecule has 0 radical (unpaired) electrons. The summed E-state index contributed by atoms with van der Waals surface area (Å²) in [7, 11) is 0. The Morgan fingerprint density at radius 1 is 0.479 bits per heavy atom. The summed E-state index contributed by atoms with van der Waals surface area (Å²) in [6.07, 6.45) is 5.64. The highest BCUT2D eigenvalue weighted by Crippen LogP contribution is 2.42. The van der Waals surface area contributed by atoms with Crippen LogP contribution in [0.1, 0.15) is 36.8 Å². The molecule has 71 heavy (non-hydrogen) atoms. The van der Waals surface area contributed by atoms with E-state index in [-0.39, 0.29) is 56.8 Å². The van der Waals surface area contributed by atoms with Crippen molar-refractivity contribution < 1.29 is 34.8 Å². The number of rotatable bonds is 20. The number of phenols is 4. The summed E-state index contributed by atoms with van der Waals surface area (Å²) in [5, 5.41) is 58.1. The van der Waals surface area contributed by atoms with Gasteiger partial charge in [0, 0.05) is 48.8 Å². The number of nitrogens with one attached hydrogen (secondary N) is 2. The Bertz CT molecular complexity index is 3120. The number of amides is 2. The molecule has 0 bridgehead atoms. The van der Waals surface area contributed by atoms with Crippen LogP contribution in [0.3, 0.4) is 0 Å². The molecular formula is C54H48Br4N6O7. The van der Waals surface area contributed by atoms with Crippen molar-refractivity contribution in [3.05, 3.63) is 150 Å².